The Morgan fingerprint density at radius 2 is 2.60 bits per heavy atom. The fraction of sp³-hybridized carbons (Fsp3) is 0.455. The number of aromatic nitrogens is 2. The summed E-state index contributed by atoms with van der Waals surface area (Å²) in [5, 5.41) is 0. The van der Waals surface area contributed by atoms with Crippen molar-refractivity contribution in [2.75, 3.05) is 6.54 Å². The van der Waals surface area contributed by atoms with Gasteiger partial charge in [0, 0.05) is 25.4 Å². The molecule has 0 aliphatic carbocycles. The maximum absolute atomic E-state index is 11.6. The summed E-state index contributed by atoms with van der Waals surface area (Å²) in [5.74, 6) is 1.07. The van der Waals surface area contributed by atoms with Crippen LogP contribution < -0.4 is 0 Å². The third kappa shape index (κ3) is 1.93. The Balaban J connectivity index is 2.19. The molecule has 1 aromatic rings. The minimum Gasteiger partial charge on any atom is -0.347 e. The summed E-state index contributed by atoms with van der Waals surface area (Å²) in [6.45, 7) is 4.56. The lowest BCUT2D eigenvalue weighted by Crippen LogP contribution is -2.30. The lowest BCUT2D eigenvalue weighted by Gasteiger charge is -2.25. The molecule has 1 N–H and O–H groups in total. The second kappa shape index (κ2) is 4.29. The molecular weight excluding hydrogens is 190 g/mol. The molecular formula is C11H15N3O. The highest BCUT2D eigenvalue weighted by molar-refractivity contribution is 5.78. The van der Waals surface area contributed by atoms with Gasteiger partial charge >= 0.3 is 0 Å². The third-order valence-electron chi connectivity index (χ3n) is 2.71. The van der Waals surface area contributed by atoms with Gasteiger partial charge < -0.3 is 9.88 Å². The van der Waals surface area contributed by atoms with E-state index in [0.29, 0.717) is 6.42 Å². The second-order valence-electron chi connectivity index (χ2n) is 3.71. The predicted molar refractivity (Wildman–Crippen MR) is 57.1 cm³/mol. The molecule has 2 rings (SSSR count). The van der Waals surface area contributed by atoms with E-state index in [-0.39, 0.29) is 11.9 Å². The molecule has 80 valence electrons. The molecule has 1 fully saturated rings. The number of carbonyl (C=O) groups is 1. The highest BCUT2D eigenvalue weighted by atomic mass is 16.2. The SMILES string of the molecule is C=CC[C@H](c1ncc[nH]1)N1CCCC1=O. The van der Waals surface area contributed by atoms with E-state index >= 15 is 0 Å². The average Bonchev–Trinajstić information content (AvgIpc) is 2.85. The van der Waals surface area contributed by atoms with Crippen molar-refractivity contribution in [2.45, 2.75) is 25.3 Å². The maximum Gasteiger partial charge on any atom is 0.223 e. The first-order valence-corrected chi connectivity index (χ1v) is 5.22. The van der Waals surface area contributed by atoms with Gasteiger partial charge in [-0.1, -0.05) is 6.08 Å². The minimum absolute atomic E-state index is 0.0347. The van der Waals surface area contributed by atoms with Crippen molar-refractivity contribution in [3.05, 3.63) is 30.9 Å². The summed E-state index contributed by atoms with van der Waals surface area (Å²) in [4.78, 5) is 20.8. The van der Waals surface area contributed by atoms with Crippen LogP contribution in [0.5, 0.6) is 0 Å². The van der Waals surface area contributed by atoms with E-state index in [1.807, 2.05) is 11.0 Å². The van der Waals surface area contributed by atoms with Gasteiger partial charge in [0.1, 0.15) is 5.82 Å². The summed E-state index contributed by atoms with van der Waals surface area (Å²) in [6.07, 6.45) is 7.69. The van der Waals surface area contributed by atoms with Gasteiger partial charge in [-0.05, 0) is 12.8 Å². The first-order chi connectivity index (χ1) is 7.33. The van der Waals surface area contributed by atoms with E-state index in [9.17, 15) is 4.79 Å². The Hall–Kier alpha value is -1.58. The number of nitrogens with one attached hydrogen (secondary N) is 1. The van der Waals surface area contributed by atoms with Gasteiger partial charge in [0.25, 0.3) is 0 Å². The van der Waals surface area contributed by atoms with E-state index in [0.717, 1.165) is 25.2 Å². The first kappa shape index (κ1) is 9.96. The summed E-state index contributed by atoms with van der Waals surface area (Å²) >= 11 is 0. The fourth-order valence-corrected chi connectivity index (χ4v) is 2.00. The molecule has 0 saturated carbocycles. The second-order valence-corrected chi connectivity index (χ2v) is 3.71. The molecule has 0 bridgehead atoms. The quantitative estimate of drug-likeness (QED) is 0.760. The topological polar surface area (TPSA) is 49.0 Å². The van der Waals surface area contributed by atoms with Gasteiger partial charge in [-0.2, -0.15) is 0 Å². The lowest BCUT2D eigenvalue weighted by atomic mass is 10.1. The molecule has 0 radical (unpaired) electrons. The van der Waals surface area contributed by atoms with Crippen molar-refractivity contribution in [2.24, 2.45) is 0 Å². The van der Waals surface area contributed by atoms with E-state index < -0.39 is 0 Å². The van der Waals surface area contributed by atoms with Crippen LogP contribution in [-0.2, 0) is 4.79 Å². The van der Waals surface area contributed by atoms with Crippen molar-refractivity contribution in [1.82, 2.24) is 14.9 Å². The third-order valence-corrected chi connectivity index (χ3v) is 2.71. The molecule has 15 heavy (non-hydrogen) atoms. The average molecular weight is 205 g/mol. The van der Waals surface area contributed by atoms with Gasteiger partial charge in [0.05, 0.1) is 6.04 Å². The summed E-state index contributed by atoms with van der Waals surface area (Å²) in [6, 6.07) is 0.0347. The zero-order valence-electron chi connectivity index (χ0n) is 8.65. The van der Waals surface area contributed by atoms with Crippen LogP contribution in [0.3, 0.4) is 0 Å². The molecule has 1 saturated heterocycles. The standard InChI is InChI=1S/C11H15N3O/c1-2-4-9(11-12-6-7-13-11)14-8-3-5-10(14)15/h2,6-7,9H,1,3-5,8H2,(H,12,13)/t9-/m1/s1. The Kier molecular flexibility index (Phi) is 2.85. The van der Waals surface area contributed by atoms with E-state index in [1.54, 1.807) is 12.4 Å². The summed E-state index contributed by atoms with van der Waals surface area (Å²) in [7, 11) is 0. The predicted octanol–water partition coefficient (Wildman–Crippen LogP) is 1.65. The van der Waals surface area contributed by atoms with Crippen molar-refractivity contribution in [3.63, 3.8) is 0 Å². The number of nitrogens with zero attached hydrogens (tertiary/aromatic N) is 2. The number of rotatable bonds is 4. The molecule has 0 spiro atoms. The van der Waals surface area contributed by atoms with Crippen LogP contribution in [-0.4, -0.2) is 27.3 Å². The maximum atomic E-state index is 11.6. The number of H-pyrrole nitrogens is 1. The lowest BCUT2D eigenvalue weighted by molar-refractivity contribution is -0.129. The Labute approximate surface area is 89.0 Å². The van der Waals surface area contributed by atoms with Crippen molar-refractivity contribution >= 4 is 5.91 Å². The molecule has 4 heteroatoms. The molecule has 1 aliphatic heterocycles. The fourth-order valence-electron chi connectivity index (χ4n) is 2.00. The van der Waals surface area contributed by atoms with Gasteiger partial charge in [0.15, 0.2) is 0 Å². The molecule has 2 heterocycles. The summed E-state index contributed by atoms with van der Waals surface area (Å²) in [5.41, 5.74) is 0. The van der Waals surface area contributed by atoms with Crippen LogP contribution >= 0.6 is 0 Å². The normalized spacial score (nSPS) is 18.1. The van der Waals surface area contributed by atoms with E-state index in [4.69, 9.17) is 0 Å². The van der Waals surface area contributed by atoms with Crippen LogP contribution in [0.2, 0.25) is 0 Å². The zero-order chi connectivity index (χ0) is 10.7. The Morgan fingerprint density at radius 1 is 1.73 bits per heavy atom. The van der Waals surface area contributed by atoms with E-state index in [2.05, 4.69) is 16.5 Å². The number of imidazole rings is 1. The number of hydrogen-bond acceptors (Lipinski definition) is 2. The molecule has 1 atom stereocenters. The summed E-state index contributed by atoms with van der Waals surface area (Å²) < 4.78 is 0. The van der Waals surface area contributed by atoms with Gasteiger partial charge in [-0.15, -0.1) is 6.58 Å². The minimum atomic E-state index is 0.0347. The Bertz CT molecular complexity index is 345. The molecule has 4 nitrogen and oxygen atoms in total. The van der Waals surface area contributed by atoms with Crippen LogP contribution in [0.1, 0.15) is 31.1 Å². The first-order valence-electron chi connectivity index (χ1n) is 5.22. The zero-order valence-corrected chi connectivity index (χ0v) is 8.65. The number of hydrogen-bond donors (Lipinski definition) is 1. The number of likely N-dealkylation sites (tertiary alicyclic amines) is 1. The van der Waals surface area contributed by atoms with Crippen molar-refractivity contribution in [1.29, 1.82) is 0 Å². The molecule has 0 unspecified atom stereocenters. The largest absolute Gasteiger partial charge is 0.347 e. The number of amides is 1. The smallest absolute Gasteiger partial charge is 0.223 e. The molecule has 1 aromatic heterocycles. The number of aromatic amines is 1. The van der Waals surface area contributed by atoms with Gasteiger partial charge in [0.2, 0.25) is 5.91 Å². The van der Waals surface area contributed by atoms with Crippen LogP contribution in [0.15, 0.2) is 25.0 Å². The van der Waals surface area contributed by atoms with E-state index in [1.165, 1.54) is 0 Å². The van der Waals surface area contributed by atoms with Crippen molar-refractivity contribution in [3.8, 4) is 0 Å². The van der Waals surface area contributed by atoms with Gasteiger partial charge in [-0.25, -0.2) is 4.98 Å². The molecule has 0 aromatic carbocycles. The van der Waals surface area contributed by atoms with Crippen LogP contribution in [0.4, 0.5) is 0 Å². The Morgan fingerprint density at radius 3 is 3.13 bits per heavy atom. The van der Waals surface area contributed by atoms with Crippen LogP contribution in [0.25, 0.3) is 0 Å². The molecule has 1 aliphatic rings. The molecule has 1 amide bonds. The highest BCUT2D eigenvalue weighted by Gasteiger charge is 2.29. The van der Waals surface area contributed by atoms with Gasteiger partial charge in [-0.3, -0.25) is 4.79 Å². The monoisotopic (exact) mass is 205 g/mol. The van der Waals surface area contributed by atoms with Crippen molar-refractivity contribution < 1.29 is 4.79 Å². The van der Waals surface area contributed by atoms with Crippen LogP contribution in [0, 0.1) is 0 Å². The highest BCUT2D eigenvalue weighted by Crippen LogP contribution is 2.26. The number of carbonyl (C=O) groups excluding carboxylic acids is 1.